The Morgan fingerprint density at radius 3 is 2.56 bits per heavy atom. The topological polar surface area (TPSA) is 71.8 Å². The van der Waals surface area contributed by atoms with Crippen LogP contribution in [0.3, 0.4) is 0 Å². The normalized spacial score (nSPS) is 14.8. The minimum Gasteiger partial charge on any atom is -0.497 e. The number of benzene rings is 1. The lowest BCUT2D eigenvalue weighted by Crippen LogP contribution is -2.44. The fourth-order valence-corrected chi connectivity index (χ4v) is 3.40. The average molecular weight is 370 g/mol. The van der Waals surface area contributed by atoms with Gasteiger partial charge in [0, 0.05) is 13.1 Å². The minimum atomic E-state index is -0.359. The molecule has 1 N–H and O–H groups in total. The lowest BCUT2D eigenvalue weighted by Gasteiger charge is -2.32. The molecule has 27 heavy (non-hydrogen) atoms. The first kappa shape index (κ1) is 19.0. The monoisotopic (exact) mass is 370 g/mol. The van der Waals surface area contributed by atoms with E-state index in [4.69, 9.17) is 9.15 Å². The summed E-state index contributed by atoms with van der Waals surface area (Å²) >= 11 is 0. The van der Waals surface area contributed by atoms with Crippen molar-refractivity contribution in [1.82, 2.24) is 10.2 Å². The van der Waals surface area contributed by atoms with Gasteiger partial charge in [0.15, 0.2) is 5.76 Å². The molecule has 6 heteroatoms. The van der Waals surface area contributed by atoms with Crippen LogP contribution in [0.15, 0.2) is 47.1 Å². The smallest absolute Gasteiger partial charge is 0.287 e. The van der Waals surface area contributed by atoms with Crippen LogP contribution in [0, 0.1) is 5.92 Å². The van der Waals surface area contributed by atoms with Crippen molar-refractivity contribution >= 4 is 11.8 Å². The molecule has 0 bridgehead atoms. The number of piperidine rings is 1. The molecule has 1 fully saturated rings. The molecule has 0 unspecified atom stereocenters. The van der Waals surface area contributed by atoms with Gasteiger partial charge in [-0.05, 0) is 61.4 Å². The molecule has 3 rings (SSSR count). The van der Waals surface area contributed by atoms with Crippen LogP contribution in [-0.2, 0) is 11.2 Å². The summed E-state index contributed by atoms with van der Waals surface area (Å²) in [7, 11) is 1.67. The molecule has 1 aromatic heterocycles. The SMILES string of the molecule is COc1ccc(CCC2CCN(C(=O)CNC(=O)c3ccco3)CC2)cc1. The van der Waals surface area contributed by atoms with E-state index in [2.05, 4.69) is 17.4 Å². The second-order valence-corrected chi connectivity index (χ2v) is 6.87. The molecule has 0 spiro atoms. The summed E-state index contributed by atoms with van der Waals surface area (Å²) in [5, 5.41) is 2.62. The number of amides is 2. The molecular formula is C21H26N2O4. The van der Waals surface area contributed by atoms with Gasteiger partial charge < -0.3 is 19.4 Å². The molecule has 1 aromatic carbocycles. The minimum absolute atomic E-state index is 0.00997. The van der Waals surface area contributed by atoms with Crippen LogP contribution < -0.4 is 10.1 Å². The quantitative estimate of drug-likeness (QED) is 0.813. The molecular weight excluding hydrogens is 344 g/mol. The Balaban J connectivity index is 1.36. The number of furan rings is 1. The van der Waals surface area contributed by atoms with Crippen molar-refractivity contribution in [3.05, 3.63) is 54.0 Å². The number of aryl methyl sites for hydroxylation is 1. The molecule has 0 saturated carbocycles. The summed E-state index contributed by atoms with van der Waals surface area (Å²) in [4.78, 5) is 25.9. The number of carbonyl (C=O) groups excluding carboxylic acids is 2. The van der Waals surface area contributed by atoms with Crippen LogP contribution in [-0.4, -0.2) is 43.5 Å². The van der Waals surface area contributed by atoms with Crippen molar-refractivity contribution < 1.29 is 18.7 Å². The van der Waals surface area contributed by atoms with Gasteiger partial charge in [0.2, 0.25) is 5.91 Å². The molecule has 0 aliphatic carbocycles. The molecule has 1 saturated heterocycles. The lowest BCUT2D eigenvalue weighted by molar-refractivity contribution is -0.131. The second kappa shape index (κ2) is 9.26. The predicted octanol–water partition coefficient (Wildman–Crippen LogP) is 2.89. The highest BCUT2D eigenvalue weighted by molar-refractivity contribution is 5.94. The van der Waals surface area contributed by atoms with Gasteiger partial charge in [0.05, 0.1) is 19.9 Å². The Morgan fingerprint density at radius 1 is 1.19 bits per heavy atom. The van der Waals surface area contributed by atoms with Gasteiger partial charge in [-0.2, -0.15) is 0 Å². The van der Waals surface area contributed by atoms with Crippen molar-refractivity contribution in [1.29, 1.82) is 0 Å². The van der Waals surface area contributed by atoms with Gasteiger partial charge in [0.1, 0.15) is 5.75 Å². The zero-order valence-electron chi connectivity index (χ0n) is 15.6. The number of nitrogens with zero attached hydrogens (tertiary/aromatic N) is 1. The molecule has 0 radical (unpaired) electrons. The molecule has 2 heterocycles. The van der Waals surface area contributed by atoms with Crippen LogP contribution in [0.5, 0.6) is 5.75 Å². The number of nitrogens with one attached hydrogen (secondary N) is 1. The van der Waals surface area contributed by atoms with E-state index in [1.165, 1.54) is 11.8 Å². The Morgan fingerprint density at radius 2 is 1.93 bits per heavy atom. The molecule has 2 amide bonds. The Hall–Kier alpha value is -2.76. The maximum Gasteiger partial charge on any atom is 0.287 e. The zero-order valence-corrected chi connectivity index (χ0v) is 15.6. The number of carbonyl (C=O) groups is 2. The van der Waals surface area contributed by atoms with E-state index in [1.807, 2.05) is 17.0 Å². The summed E-state index contributed by atoms with van der Waals surface area (Å²) in [5.74, 6) is 1.34. The molecule has 1 aliphatic heterocycles. The van der Waals surface area contributed by atoms with E-state index in [9.17, 15) is 9.59 Å². The van der Waals surface area contributed by atoms with Crippen LogP contribution in [0.2, 0.25) is 0 Å². The zero-order chi connectivity index (χ0) is 19.1. The summed E-state index contributed by atoms with van der Waals surface area (Å²) in [6.45, 7) is 1.52. The number of hydrogen-bond acceptors (Lipinski definition) is 4. The summed E-state index contributed by atoms with van der Waals surface area (Å²) < 4.78 is 10.2. The third-order valence-corrected chi connectivity index (χ3v) is 5.11. The highest BCUT2D eigenvalue weighted by atomic mass is 16.5. The van der Waals surface area contributed by atoms with Gasteiger partial charge in [0.25, 0.3) is 5.91 Å². The van der Waals surface area contributed by atoms with E-state index >= 15 is 0 Å². The van der Waals surface area contributed by atoms with Gasteiger partial charge in [-0.25, -0.2) is 0 Å². The predicted molar refractivity (Wildman–Crippen MR) is 102 cm³/mol. The summed E-state index contributed by atoms with van der Waals surface area (Å²) in [5.41, 5.74) is 1.31. The largest absolute Gasteiger partial charge is 0.497 e. The first-order valence-corrected chi connectivity index (χ1v) is 9.38. The average Bonchev–Trinajstić information content (AvgIpc) is 3.26. The van der Waals surface area contributed by atoms with E-state index in [1.54, 1.807) is 19.2 Å². The molecule has 0 atom stereocenters. The maximum atomic E-state index is 12.3. The lowest BCUT2D eigenvalue weighted by atomic mass is 9.90. The van der Waals surface area contributed by atoms with Crippen LogP contribution >= 0.6 is 0 Å². The van der Waals surface area contributed by atoms with Gasteiger partial charge in [-0.15, -0.1) is 0 Å². The van der Waals surface area contributed by atoms with Crippen molar-refractivity contribution in [3.8, 4) is 5.75 Å². The molecule has 1 aliphatic rings. The Labute approximate surface area is 159 Å². The highest BCUT2D eigenvalue weighted by Crippen LogP contribution is 2.23. The number of hydrogen-bond donors (Lipinski definition) is 1. The number of rotatable bonds is 7. The van der Waals surface area contributed by atoms with Gasteiger partial charge >= 0.3 is 0 Å². The maximum absolute atomic E-state index is 12.3. The van der Waals surface area contributed by atoms with E-state index in [0.29, 0.717) is 5.92 Å². The van der Waals surface area contributed by atoms with E-state index < -0.39 is 0 Å². The Kier molecular flexibility index (Phi) is 6.52. The Bertz CT molecular complexity index is 732. The number of ether oxygens (including phenoxy) is 1. The number of likely N-dealkylation sites (tertiary alicyclic amines) is 1. The number of methoxy groups -OCH3 is 1. The first-order valence-electron chi connectivity index (χ1n) is 9.38. The van der Waals surface area contributed by atoms with Gasteiger partial charge in [-0.3, -0.25) is 9.59 Å². The van der Waals surface area contributed by atoms with Crippen molar-refractivity contribution in [3.63, 3.8) is 0 Å². The van der Waals surface area contributed by atoms with Crippen molar-refractivity contribution in [2.24, 2.45) is 5.92 Å². The third kappa shape index (κ3) is 5.36. The van der Waals surface area contributed by atoms with Crippen LogP contribution in [0.4, 0.5) is 0 Å². The first-order chi connectivity index (χ1) is 13.2. The van der Waals surface area contributed by atoms with Crippen molar-refractivity contribution in [2.45, 2.75) is 25.7 Å². The third-order valence-electron chi connectivity index (χ3n) is 5.11. The van der Waals surface area contributed by atoms with Crippen LogP contribution in [0.25, 0.3) is 0 Å². The van der Waals surface area contributed by atoms with Crippen molar-refractivity contribution in [2.75, 3.05) is 26.7 Å². The molecule has 2 aromatic rings. The summed E-state index contributed by atoms with van der Waals surface area (Å²) in [6, 6.07) is 11.4. The molecule has 6 nitrogen and oxygen atoms in total. The standard InChI is InChI=1S/C21H26N2O4/c1-26-18-8-6-16(7-9-18)4-5-17-10-12-23(13-11-17)20(24)15-22-21(25)19-3-2-14-27-19/h2-3,6-9,14,17H,4-5,10-13,15H2,1H3,(H,22,25). The van der Waals surface area contributed by atoms with Gasteiger partial charge in [-0.1, -0.05) is 12.1 Å². The molecule has 144 valence electrons. The fourth-order valence-electron chi connectivity index (χ4n) is 3.40. The highest BCUT2D eigenvalue weighted by Gasteiger charge is 2.23. The van der Waals surface area contributed by atoms with Crippen LogP contribution in [0.1, 0.15) is 35.4 Å². The summed E-state index contributed by atoms with van der Waals surface area (Å²) in [6.07, 6.45) is 5.63. The second-order valence-electron chi connectivity index (χ2n) is 6.87. The fraction of sp³-hybridized carbons (Fsp3) is 0.429. The van der Waals surface area contributed by atoms with E-state index in [-0.39, 0.29) is 24.1 Å². The van der Waals surface area contributed by atoms with E-state index in [0.717, 1.165) is 44.5 Å².